The zero-order chi connectivity index (χ0) is 20.0. The number of benzene rings is 2. The molecule has 27 heavy (non-hydrogen) atoms. The van der Waals surface area contributed by atoms with Gasteiger partial charge in [0.1, 0.15) is 17.3 Å². The number of hydrogen-bond donors (Lipinski definition) is 2. The molecule has 0 aromatic heterocycles. The lowest BCUT2D eigenvalue weighted by molar-refractivity contribution is -0.119. The van der Waals surface area contributed by atoms with Gasteiger partial charge < -0.3 is 10.1 Å². The summed E-state index contributed by atoms with van der Waals surface area (Å²) in [5.74, 6) is -3.76. The van der Waals surface area contributed by atoms with E-state index in [0.29, 0.717) is 0 Å². The van der Waals surface area contributed by atoms with Gasteiger partial charge in [0.2, 0.25) is 10.0 Å². The second kappa shape index (κ2) is 8.69. The Morgan fingerprint density at radius 3 is 2.19 bits per heavy atom. The third-order valence-electron chi connectivity index (χ3n) is 3.30. The molecule has 0 heterocycles. The molecule has 2 N–H and O–H groups in total. The topological polar surface area (TPSA) is 102 Å². The van der Waals surface area contributed by atoms with E-state index < -0.39 is 45.8 Å². The maximum atomic E-state index is 13.4. The minimum Gasteiger partial charge on any atom is -0.452 e. The monoisotopic (exact) mass is 398 g/mol. The van der Waals surface area contributed by atoms with Crippen LogP contribution in [-0.4, -0.2) is 33.4 Å². The van der Waals surface area contributed by atoms with E-state index in [1.54, 1.807) is 6.92 Å². The molecule has 2 aromatic carbocycles. The van der Waals surface area contributed by atoms with Gasteiger partial charge in [-0.05, 0) is 36.4 Å². The quantitative estimate of drug-likeness (QED) is 0.695. The SMILES string of the molecule is CCNS(=O)(=O)c1ccc(C(=O)OCC(=O)Nc2c(F)cccc2F)cc1. The minimum absolute atomic E-state index is 0.00956. The molecule has 0 aliphatic rings. The predicted octanol–water partition coefficient (Wildman–Crippen LogP) is 2.06. The summed E-state index contributed by atoms with van der Waals surface area (Å²) in [7, 11) is -3.66. The van der Waals surface area contributed by atoms with Crippen molar-refractivity contribution in [3.05, 3.63) is 59.7 Å². The Balaban J connectivity index is 1.96. The van der Waals surface area contributed by atoms with Crippen LogP contribution in [0.25, 0.3) is 0 Å². The number of carbonyl (C=O) groups is 2. The summed E-state index contributed by atoms with van der Waals surface area (Å²) in [4.78, 5) is 23.6. The molecule has 0 aliphatic carbocycles. The highest BCUT2D eigenvalue weighted by Crippen LogP contribution is 2.18. The first-order valence-electron chi connectivity index (χ1n) is 7.75. The average molecular weight is 398 g/mol. The number of anilines is 1. The molecule has 0 unspecified atom stereocenters. The molecule has 10 heteroatoms. The van der Waals surface area contributed by atoms with Crippen LogP contribution in [0.4, 0.5) is 14.5 Å². The largest absolute Gasteiger partial charge is 0.452 e. The molecule has 0 radical (unpaired) electrons. The van der Waals surface area contributed by atoms with E-state index >= 15 is 0 Å². The van der Waals surface area contributed by atoms with Crippen molar-refractivity contribution in [2.45, 2.75) is 11.8 Å². The summed E-state index contributed by atoms with van der Waals surface area (Å²) in [6, 6.07) is 7.94. The number of para-hydroxylation sites is 1. The molecule has 0 spiro atoms. The second-order valence-corrected chi connectivity index (χ2v) is 7.01. The van der Waals surface area contributed by atoms with Gasteiger partial charge in [-0.2, -0.15) is 0 Å². The Kier molecular flexibility index (Phi) is 6.59. The van der Waals surface area contributed by atoms with Crippen LogP contribution >= 0.6 is 0 Å². The Bertz CT molecular complexity index is 926. The van der Waals surface area contributed by atoms with E-state index in [4.69, 9.17) is 4.74 Å². The maximum absolute atomic E-state index is 13.4. The smallest absolute Gasteiger partial charge is 0.338 e. The lowest BCUT2D eigenvalue weighted by Crippen LogP contribution is -2.23. The van der Waals surface area contributed by atoms with Crippen molar-refractivity contribution < 1.29 is 31.5 Å². The van der Waals surface area contributed by atoms with Crippen LogP contribution in [0.2, 0.25) is 0 Å². The van der Waals surface area contributed by atoms with Crippen molar-refractivity contribution in [1.29, 1.82) is 0 Å². The third kappa shape index (κ3) is 5.31. The number of rotatable bonds is 7. The normalized spacial score (nSPS) is 11.1. The molecule has 2 rings (SSSR count). The predicted molar refractivity (Wildman–Crippen MR) is 92.6 cm³/mol. The van der Waals surface area contributed by atoms with Gasteiger partial charge in [-0.25, -0.2) is 26.7 Å². The van der Waals surface area contributed by atoms with E-state index in [1.165, 1.54) is 24.3 Å². The van der Waals surface area contributed by atoms with Crippen molar-refractivity contribution >= 4 is 27.6 Å². The summed E-state index contributed by atoms with van der Waals surface area (Å²) in [5.41, 5.74) is -0.633. The van der Waals surface area contributed by atoms with E-state index in [9.17, 15) is 26.8 Å². The Morgan fingerprint density at radius 1 is 1.04 bits per heavy atom. The standard InChI is InChI=1S/C17H16F2N2O5S/c1-2-20-27(24,25)12-8-6-11(7-9-12)17(23)26-10-15(22)21-16-13(18)4-3-5-14(16)19/h3-9,20H,2,10H2,1H3,(H,21,22). The van der Waals surface area contributed by atoms with E-state index in [2.05, 4.69) is 4.72 Å². The van der Waals surface area contributed by atoms with Gasteiger partial charge in [-0.15, -0.1) is 0 Å². The van der Waals surface area contributed by atoms with Crippen molar-refractivity contribution in [2.24, 2.45) is 0 Å². The molecular weight excluding hydrogens is 382 g/mol. The van der Waals surface area contributed by atoms with Crippen LogP contribution in [0.5, 0.6) is 0 Å². The summed E-state index contributed by atoms with van der Waals surface area (Å²) in [6.45, 7) is 1.06. The number of sulfonamides is 1. The Labute approximate surface area is 154 Å². The van der Waals surface area contributed by atoms with Crippen molar-refractivity contribution in [1.82, 2.24) is 4.72 Å². The molecule has 0 saturated carbocycles. The highest BCUT2D eigenvalue weighted by atomic mass is 32.2. The maximum Gasteiger partial charge on any atom is 0.338 e. The van der Waals surface area contributed by atoms with E-state index in [-0.39, 0.29) is 17.0 Å². The van der Waals surface area contributed by atoms with Crippen molar-refractivity contribution in [2.75, 3.05) is 18.5 Å². The summed E-state index contributed by atoms with van der Waals surface area (Å²) in [6.07, 6.45) is 0. The number of nitrogens with one attached hydrogen (secondary N) is 2. The first-order chi connectivity index (χ1) is 12.7. The molecule has 1 amide bonds. The van der Waals surface area contributed by atoms with Gasteiger partial charge in [0.15, 0.2) is 6.61 Å². The molecule has 7 nitrogen and oxygen atoms in total. The van der Waals surface area contributed by atoms with Crippen LogP contribution in [0, 0.1) is 11.6 Å². The van der Waals surface area contributed by atoms with Gasteiger partial charge in [-0.3, -0.25) is 4.79 Å². The number of halogens is 2. The summed E-state index contributed by atoms with van der Waals surface area (Å²) in [5, 5.41) is 1.97. The molecule has 144 valence electrons. The van der Waals surface area contributed by atoms with E-state index in [1.807, 2.05) is 5.32 Å². The lowest BCUT2D eigenvalue weighted by Gasteiger charge is -2.09. The van der Waals surface area contributed by atoms with Gasteiger partial charge in [0.05, 0.1) is 10.5 Å². The highest BCUT2D eigenvalue weighted by molar-refractivity contribution is 7.89. The average Bonchev–Trinajstić information content (AvgIpc) is 2.63. The molecule has 2 aromatic rings. The first-order valence-corrected chi connectivity index (χ1v) is 9.23. The van der Waals surface area contributed by atoms with Crippen molar-refractivity contribution in [3.8, 4) is 0 Å². The highest BCUT2D eigenvalue weighted by Gasteiger charge is 2.16. The van der Waals surface area contributed by atoms with Gasteiger partial charge in [0, 0.05) is 6.54 Å². The van der Waals surface area contributed by atoms with Crippen LogP contribution in [-0.2, 0) is 19.6 Å². The van der Waals surface area contributed by atoms with Gasteiger partial charge >= 0.3 is 5.97 Å². The lowest BCUT2D eigenvalue weighted by atomic mass is 10.2. The first kappa shape index (κ1) is 20.5. The zero-order valence-corrected chi connectivity index (χ0v) is 15.0. The number of amides is 1. The molecule has 0 bridgehead atoms. The fraction of sp³-hybridized carbons (Fsp3) is 0.176. The van der Waals surface area contributed by atoms with Crippen LogP contribution in [0.1, 0.15) is 17.3 Å². The molecular formula is C17H16F2N2O5S. The van der Waals surface area contributed by atoms with Gasteiger partial charge in [-0.1, -0.05) is 13.0 Å². The number of ether oxygens (including phenoxy) is 1. The second-order valence-electron chi connectivity index (χ2n) is 5.25. The Morgan fingerprint density at radius 2 is 1.63 bits per heavy atom. The fourth-order valence-corrected chi connectivity index (χ4v) is 3.09. The molecule has 0 atom stereocenters. The minimum atomic E-state index is -3.66. The van der Waals surface area contributed by atoms with E-state index in [0.717, 1.165) is 18.2 Å². The van der Waals surface area contributed by atoms with Gasteiger partial charge in [0.25, 0.3) is 5.91 Å². The third-order valence-corrected chi connectivity index (χ3v) is 4.86. The zero-order valence-electron chi connectivity index (χ0n) is 14.2. The van der Waals surface area contributed by atoms with Crippen LogP contribution in [0.3, 0.4) is 0 Å². The molecule has 0 aliphatic heterocycles. The fourth-order valence-electron chi connectivity index (χ4n) is 2.05. The molecule has 0 fully saturated rings. The summed E-state index contributed by atoms with van der Waals surface area (Å²) < 4.78 is 57.6. The van der Waals surface area contributed by atoms with Crippen molar-refractivity contribution in [3.63, 3.8) is 0 Å². The number of esters is 1. The number of hydrogen-bond acceptors (Lipinski definition) is 5. The molecule has 0 saturated heterocycles. The van der Waals surface area contributed by atoms with Crippen LogP contribution in [0.15, 0.2) is 47.4 Å². The summed E-state index contributed by atoms with van der Waals surface area (Å²) >= 11 is 0. The number of carbonyl (C=O) groups excluding carboxylic acids is 2. The Hall–Kier alpha value is -2.85. The van der Waals surface area contributed by atoms with Crippen LogP contribution < -0.4 is 10.0 Å².